The molecule has 176 valence electrons. The third-order valence-electron chi connectivity index (χ3n) is 5.69. The minimum Gasteiger partial charge on any atom is -0.493 e. The molecule has 9 heteroatoms. The van der Waals surface area contributed by atoms with Crippen LogP contribution in [-0.4, -0.2) is 34.9 Å². The van der Waals surface area contributed by atoms with Crippen molar-refractivity contribution in [2.45, 2.75) is 39.8 Å². The van der Waals surface area contributed by atoms with Crippen molar-refractivity contribution in [2.24, 2.45) is 0 Å². The van der Waals surface area contributed by atoms with E-state index in [4.69, 9.17) is 14.0 Å². The van der Waals surface area contributed by atoms with Gasteiger partial charge in [0.2, 0.25) is 11.8 Å². The summed E-state index contributed by atoms with van der Waals surface area (Å²) in [4.78, 5) is 37.6. The van der Waals surface area contributed by atoms with Crippen LogP contribution in [0.25, 0.3) is 0 Å². The average molecular weight is 463 g/mol. The Hall–Kier alpha value is -4.14. The van der Waals surface area contributed by atoms with Crippen molar-refractivity contribution in [3.8, 4) is 11.5 Å². The van der Waals surface area contributed by atoms with Crippen LogP contribution in [0.4, 0.5) is 5.69 Å². The molecule has 4 rings (SSSR count). The molecule has 0 unspecified atom stereocenters. The molecule has 34 heavy (non-hydrogen) atoms. The summed E-state index contributed by atoms with van der Waals surface area (Å²) in [6.45, 7) is 4.17. The Morgan fingerprint density at radius 1 is 1.06 bits per heavy atom. The van der Waals surface area contributed by atoms with Gasteiger partial charge >= 0.3 is 0 Å². The lowest BCUT2D eigenvalue weighted by atomic mass is 10.1. The molecule has 0 saturated carbocycles. The number of amides is 3. The van der Waals surface area contributed by atoms with Gasteiger partial charge in [-0.05, 0) is 49.7 Å². The molecule has 0 aliphatic carbocycles. The number of anilines is 1. The first-order valence-corrected chi connectivity index (χ1v) is 10.8. The van der Waals surface area contributed by atoms with Crippen LogP contribution in [0.15, 0.2) is 47.0 Å². The van der Waals surface area contributed by atoms with Crippen molar-refractivity contribution in [1.29, 1.82) is 0 Å². The van der Waals surface area contributed by atoms with Crippen LogP contribution in [0.1, 0.15) is 45.8 Å². The average Bonchev–Trinajstić information content (AvgIpc) is 3.33. The molecule has 1 fully saturated rings. The fourth-order valence-corrected chi connectivity index (χ4v) is 3.66. The Balaban J connectivity index is 1.39. The number of aryl methyl sites for hydroxylation is 2. The minimum atomic E-state index is -0.312. The van der Waals surface area contributed by atoms with Gasteiger partial charge in [0.05, 0.1) is 24.9 Å². The van der Waals surface area contributed by atoms with Crippen molar-refractivity contribution in [1.82, 2.24) is 10.1 Å². The summed E-state index contributed by atoms with van der Waals surface area (Å²) >= 11 is 0. The van der Waals surface area contributed by atoms with E-state index in [2.05, 4.69) is 10.5 Å². The summed E-state index contributed by atoms with van der Waals surface area (Å²) in [6, 6.07) is 12.0. The lowest BCUT2D eigenvalue weighted by Crippen LogP contribution is -2.28. The van der Waals surface area contributed by atoms with E-state index in [-0.39, 0.29) is 43.7 Å². The summed E-state index contributed by atoms with van der Waals surface area (Å²) in [5, 5.41) is 6.75. The summed E-state index contributed by atoms with van der Waals surface area (Å²) in [6.07, 6.45) is 0.528. The van der Waals surface area contributed by atoms with Crippen LogP contribution in [-0.2, 0) is 22.7 Å². The van der Waals surface area contributed by atoms with E-state index in [1.54, 1.807) is 42.5 Å². The predicted octanol–water partition coefficient (Wildman–Crippen LogP) is 3.78. The van der Waals surface area contributed by atoms with E-state index in [1.807, 2.05) is 13.8 Å². The monoisotopic (exact) mass is 463 g/mol. The van der Waals surface area contributed by atoms with Gasteiger partial charge in [-0.15, -0.1) is 0 Å². The van der Waals surface area contributed by atoms with Crippen LogP contribution in [0.3, 0.4) is 0 Å². The van der Waals surface area contributed by atoms with Crippen molar-refractivity contribution in [3.05, 3.63) is 70.6 Å². The zero-order valence-corrected chi connectivity index (χ0v) is 19.2. The number of nitrogens with zero attached hydrogens (tertiary/aromatic N) is 2. The van der Waals surface area contributed by atoms with Gasteiger partial charge in [0, 0.05) is 24.1 Å². The fraction of sp³-hybridized carbons (Fsp3) is 0.280. The standard InChI is InChI=1S/C25H25N3O6/c1-15-20(16(2)34-27-15)14-33-21-9-6-18(12-22(21)32-3)25(31)26-19-7-4-17(5-8-19)13-28-23(29)10-11-24(28)30/h4-9,12H,10-11,13-14H2,1-3H3,(H,26,31). The van der Waals surface area contributed by atoms with Gasteiger partial charge < -0.3 is 19.3 Å². The number of imide groups is 1. The van der Waals surface area contributed by atoms with Crippen molar-refractivity contribution in [2.75, 3.05) is 12.4 Å². The molecule has 1 N–H and O–H groups in total. The number of methoxy groups -OCH3 is 1. The highest BCUT2D eigenvalue weighted by Crippen LogP contribution is 2.30. The second-order valence-electron chi connectivity index (χ2n) is 7.98. The van der Waals surface area contributed by atoms with Crippen LogP contribution >= 0.6 is 0 Å². The molecule has 9 nitrogen and oxygen atoms in total. The predicted molar refractivity (Wildman–Crippen MR) is 122 cm³/mol. The number of hydrogen-bond acceptors (Lipinski definition) is 7. The second kappa shape index (κ2) is 9.78. The molecule has 0 bridgehead atoms. The Morgan fingerprint density at radius 2 is 1.76 bits per heavy atom. The first kappa shape index (κ1) is 23.0. The molecule has 0 spiro atoms. The van der Waals surface area contributed by atoms with Crippen LogP contribution in [0, 0.1) is 13.8 Å². The SMILES string of the molecule is COc1cc(C(=O)Nc2ccc(CN3C(=O)CCC3=O)cc2)ccc1OCc1c(C)noc1C. The third kappa shape index (κ3) is 4.93. The summed E-state index contributed by atoms with van der Waals surface area (Å²) in [5.74, 6) is 0.986. The maximum Gasteiger partial charge on any atom is 0.255 e. The number of rotatable bonds is 8. The number of aromatic nitrogens is 1. The zero-order chi connectivity index (χ0) is 24.2. The maximum atomic E-state index is 12.8. The molecule has 2 aromatic carbocycles. The van der Waals surface area contributed by atoms with Crippen LogP contribution in [0.5, 0.6) is 11.5 Å². The Morgan fingerprint density at radius 3 is 2.38 bits per heavy atom. The topological polar surface area (TPSA) is 111 Å². The molecular formula is C25H25N3O6. The zero-order valence-electron chi connectivity index (χ0n) is 19.2. The number of hydrogen-bond donors (Lipinski definition) is 1. The number of carbonyl (C=O) groups is 3. The molecule has 1 aromatic heterocycles. The first-order valence-electron chi connectivity index (χ1n) is 10.8. The van der Waals surface area contributed by atoms with Crippen molar-refractivity contribution < 1.29 is 28.4 Å². The lowest BCUT2D eigenvalue weighted by molar-refractivity contribution is -0.139. The largest absolute Gasteiger partial charge is 0.493 e. The van der Waals surface area contributed by atoms with E-state index in [9.17, 15) is 14.4 Å². The summed E-state index contributed by atoms with van der Waals surface area (Å²) in [5.41, 5.74) is 3.43. The van der Waals surface area contributed by atoms with E-state index in [1.165, 1.54) is 12.0 Å². The van der Waals surface area contributed by atoms with Gasteiger partial charge in [-0.3, -0.25) is 19.3 Å². The highest BCUT2D eigenvalue weighted by atomic mass is 16.5. The molecule has 3 amide bonds. The molecule has 2 heterocycles. The Bertz CT molecular complexity index is 1200. The molecule has 1 aliphatic heterocycles. The van der Waals surface area contributed by atoms with Crippen LogP contribution in [0.2, 0.25) is 0 Å². The summed E-state index contributed by atoms with van der Waals surface area (Å²) in [7, 11) is 1.51. The minimum absolute atomic E-state index is 0.157. The van der Waals surface area contributed by atoms with E-state index < -0.39 is 0 Å². The van der Waals surface area contributed by atoms with Crippen molar-refractivity contribution >= 4 is 23.4 Å². The number of ether oxygens (including phenoxy) is 2. The van der Waals surface area contributed by atoms with E-state index in [0.717, 1.165) is 16.8 Å². The van der Waals surface area contributed by atoms with Crippen molar-refractivity contribution in [3.63, 3.8) is 0 Å². The number of nitrogens with one attached hydrogen (secondary N) is 1. The molecular weight excluding hydrogens is 438 g/mol. The normalized spacial score (nSPS) is 13.3. The van der Waals surface area contributed by atoms with Gasteiger partial charge in [-0.25, -0.2) is 0 Å². The fourth-order valence-electron chi connectivity index (χ4n) is 3.66. The molecule has 3 aromatic rings. The molecule has 0 radical (unpaired) electrons. The maximum absolute atomic E-state index is 12.8. The van der Waals surface area contributed by atoms with Gasteiger partial charge in [0.1, 0.15) is 12.4 Å². The molecule has 1 aliphatic rings. The Labute approximate surface area is 196 Å². The third-order valence-corrected chi connectivity index (χ3v) is 5.69. The first-order chi connectivity index (χ1) is 16.4. The summed E-state index contributed by atoms with van der Waals surface area (Å²) < 4.78 is 16.4. The molecule has 0 atom stereocenters. The Kier molecular flexibility index (Phi) is 6.62. The van der Waals surface area contributed by atoms with E-state index in [0.29, 0.717) is 28.5 Å². The number of likely N-dealkylation sites (tertiary alicyclic amines) is 1. The molecule has 1 saturated heterocycles. The smallest absolute Gasteiger partial charge is 0.255 e. The quantitative estimate of drug-likeness (QED) is 0.506. The van der Waals surface area contributed by atoms with Gasteiger partial charge in [0.15, 0.2) is 11.5 Å². The number of carbonyl (C=O) groups excluding carboxylic acids is 3. The van der Waals surface area contributed by atoms with Gasteiger partial charge in [0.25, 0.3) is 5.91 Å². The van der Waals surface area contributed by atoms with E-state index >= 15 is 0 Å². The number of benzene rings is 2. The van der Waals surface area contributed by atoms with Crippen LogP contribution < -0.4 is 14.8 Å². The van der Waals surface area contributed by atoms with Gasteiger partial charge in [-0.1, -0.05) is 17.3 Å². The lowest BCUT2D eigenvalue weighted by Gasteiger charge is -2.14. The van der Waals surface area contributed by atoms with Gasteiger partial charge in [-0.2, -0.15) is 0 Å². The highest BCUT2D eigenvalue weighted by Gasteiger charge is 2.28. The second-order valence-corrected chi connectivity index (χ2v) is 7.98. The highest BCUT2D eigenvalue weighted by molar-refractivity contribution is 6.04.